The summed E-state index contributed by atoms with van der Waals surface area (Å²) >= 11 is 0. The van der Waals surface area contributed by atoms with Crippen molar-refractivity contribution in [2.24, 2.45) is 0 Å². The summed E-state index contributed by atoms with van der Waals surface area (Å²) in [4.78, 5) is 0.243. The van der Waals surface area contributed by atoms with Crippen LogP contribution in [0.1, 0.15) is 102 Å². The molecule has 0 aliphatic rings. The Morgan fingerprint density at radius 2 is 1.21 bits per heavy atom. The summed E-state index contributed by atoms with van der Waals surface area (Å²) in [6.45, 7) is 4.47. The van der Waals surface area contributed by atoms with E-state index < -0.39 is 10.1 Å². The summed E-state index contributed by atoms with van der Waals surface area (Å²) in [6, 6.07) is 6.79. The zero-order valence-electron chi connectivity index (χ0n) is 18.7. The highest BCUT2D eigenvalue weighted by Crippen LogP contribution is 2.15. The predicted octanol–water partition coefficient (Wildman–Crippen LogP) is 7.74. The first kappa shape index (κ1) is 25.9. The van der Waals surface area contributed by atoms with Crippen molar-refractivity contribution in [2.75, 3.05) is 6.61 Å². The zero-order chi connectivity index (χ0) is 21.2. The fourth-order valence-electron chi connectivity index (χ4n) is 3.29. The fourth-order valence-corrected chi connectivity index (χ4v) is 4.23. The van der Waals surface area contributed by atoms with E-state index in [1.807, 2.05) is 6.92 Å². The third-order valence-electron chi connectivity index (χ3n) is 5.20. The van der Waals surface area contributed by atoms with Crippen LogP contribution in [0.15, 0.2) is 41.3 Å². The van der Waals surface area contributed by atoms with Crippen LogP contribution in [0.2, 0.25) is 0 Å². The molecule has 0 heterocycles. The van der Waals surface area contributed by atoms with Gasteiger partial charge in [0, 0.05) is 0 Å². The number of benzene rings is 1. The summed E-state index contributed by atoms with van der Waals surface area (Å²) in [5, 5.41) is 0. The van der Waals surface area contributed by atoms with Gasteiger partial charge in [0.25, 0.3) is 10.1 Å². The maximum Gasteiger partial charge on any atom is 0.296 e. The lowest BCUT2D eigenvalue weighted by Crippen LogP contribution is -2.07. The van der Waals surface area contributed by atoms with Gasteiger partial charge < -0.3 is 0 Å². The maximum absolute atomic E-state index is 12.1. The lowest BCUT2D eigenvalue weighted by atomic mass is 10.1. The van der Waals surface area contributed by atoms with Crippen molar-refractivity contribution in [1.82, 2.24) is 0 Å². The Morgan fingerprint density at radius 3 is 1.76 bits per heavy atom. The van der Waals surface area contributed by atoms with E-state index in [-0.39, 0.29) is 11.5 Å². The molecule has 29 heavy (non-hydrogen) atoms. The molecule has 1 aromatic carbocycles. The molecule has 0 atom stereocenters. The Labute approximate surface area is 180 Å². The highest BCUT2D eigenvalue weighted by atomic mass is 32.2. The van der Waals surface area contributed by atoms with E-state index in [4.69, 9.17) is 4.18 Å². The van der Waals surface area contributed by atoms with Crippen molar-refractivity contribution in [1.29, 1.82) is 0 Å². The van der Waals surface area contributed by atoms with Crippen LogP contribution in [0.3, 0.4) is 0 Å². The van der Waals surface area contributed by atoms with Gasteiger partial charge >= 0.3 is 0 Å². The van der Waals surface area contributed by atoms with Crippen LogP contribution >= 0.6 is 0 Å². The first-order chi connectivity index (χ1) is 14.1. The summed E-state index contributed by atoms with van der Waals surface area (Å²) in [6.07, 6.45) is 22.0. The second-order valence-electron chi connectivity index (χ2n) is 8.03. The molecule has 0 fully saturated rings. The molecular formula is C25H42O3S. The first-order valence-electron chi connectivity index (χ1n) is 11.7. The molecule has 0 saturated carbocycles. The second kappa shape index (κ2) is 16.6. The standard InChI is InChI=1S/C25H42O3S/c1-3-4-5-6-7-8-9-10-11-12-13-14-15-16-17-18-23-28-29(26,27)25-21-19-24(2)20-22-25/h10-11,19-22H,3-9,12-18,23H2,1-2H3/b11-10+. The molecule has 0 spiro atoms. The SMILES string of the molecule is CCCCCCCC/C=C/CCCCCCCCOS(=O)(=O)c1ccc(C)cc1. The summed E-state index contributed by atoms with van der Waals surface area (Å²) in [5.74, 6) is 0. The number of aryl methyl sites for hydroxylation is 1. The first-order valence-corrected chi connectivity index (χ1v) is 13.1. The fraction of sp³-hybridized carbons (Fsp3) is 0.680. The monoisotopic (exact) mass is 422 g/mol. The minimum absolute atomic E-state index is 0.243. The summed E-state index contributed by atoms with van der Waals surface area (Å²) < 4.78 is 29.3. The number of hydrogen-bond donors (Lipinski definition) is 0. The lowest BCUT2D eigenvalue weighted by molar-refractivity contribution is 0.306. The minimum atomic E-state index is -3.61. The van der Waals surface area contributed by atoms with Gasteiger partial charge in [-0.3, -0.25) is 4.18 Å². The summed E-state index contributed by atoms with van der Waals surface area (Å²) in [5.41, 5.74) is 1.04. The van der Waals surface area contributed by atoms with Gasteiger partial charge in [-0.05, 0) is 51.2 Å². The molecule has 1 aromatic rings. The second-order valence-corrected chi connectivity index (χ2v) is 9.64. The van der Waals surface area contributed by atoms with Crippen LogP contribution in [0.25, 0.3) is 0 Å². The Morgan fingerprint density at radius 1 is 0.724 bits per heavy atom. The van der Waals surface area contributed by atoms with Crippen molar-refractivity contribution in [3.8, 4) is 0 Å². The molecule has 0 bridgehead atoms. The Bertz CT molecular complexity index is 633. The number of allylic oxidation sites excluding steroid dienone is 2. The average molecular weight is 423 g/mol. The largest absolute Gasteiger partial charge is 0.296 e. The highest BCUT2D eigenvalue weighted by molar-refractivity contribution is 7.86. The molecule has 166 valence electrons. The van der Waals surface area contributed by atoms with Gasteiger partial charge in [0.15, 0.2) is 0 Å². The van der Waals surface area contributed by atoms with Gasteiger partial charge in [-0.25, -0.2) is 0 Å². The Kier molecular flexibility index (Phi) is 14.9. The third-order valence-corrected chi connectivity index (χ3v) is 6.53. The van der Waals surface area contributed by atoms with E-state index in [1.165, 1.54) is 70.6 Å². The average Bonchev–Trinajstić information content (AvgIpc) is 2.70. The highest BCUT2D eigenvalue weighted by Gasteiger charge is 2.14. The van der Waals surface area contributed by atoms with Gasteiger partial charge in [0.05, 0.1) is 11.5 Å². The van der Waals surface area contributed by atoms with Crippen molar-refractivity contribution < 1.29 is 12.6 Å². The molecular weight excluding hydrogens is 380 g/mol. The molecule has 0 aromatic heterocycles. The lowest BCUT2D eigenvalue weighted by Gasteiger charge is -2.06. The molecule has 0 radical (unpaired) electrons. The third kappa shape index (κ3) is 13.7. The summed E-state index contributed by atoms with van der Waals surface area (Å²) in [7, 11) is -3.61. The topological polar surface area (TPSA) is 43.4 Å². The van der Waals surface area contributed by atoms with Crippen LogP contribution in [0, 0.1) is 6.92 Å². The van der Waals surface area contributed by atoms with E-state index in [0.717, 1.165) is 24.8 Å². The van der Waals surface area contributed by atoms with Gasteiger partial charge in [-0.2, -0.15) is 8.42 Å². The molecule has 0 aliphatic heterocycles. The predicted molar refractivity (Wildman–Crippen MR) is 124 cm³/mol. The van der Waals surface area contributed by atoms with E-state index in [1.54, 1.807) is 24.3 Å². The molecule has 0 aliphatic carbocycles. The van der Waals surface area contributed by atoms with Gasteiger partial charge in [0.1, 0.15) is 0 Å². The normalized spacial score (nSPS) is 12.1. The minimum Gasteiger partial charge on any atom is -0.266 e. The smallest absolute Gasteiger partial charge is 0.266 e. The van der Waals surface area contributed by atoms with E-state index in [9.17, 15) is 8.42 Å². The van der Waals surface area contributed by atoms with Crippen LogP contribution in [0.4, 0.5) is 0 Å². The number of hydrogen-bond acceptors (Lipinski definition) is 3. The van der Waals surface area contributed by atoms with Gasteiger partial charge in [-0.1, -0.05) is 94.6 Å². The molecule has 0 N–H and O–H groups in total. The van der Waals surface area contributed by atoms with Crippen molar-refractivity contribution in [2.45, 2.75) is 109 Å². The number of unbranched alkanes of at least 4 members (excludes halogenated alkanes) is 12. The molecule has 3 nitrogen and oxygen atoms in total. The van der Waals surface area contributed by atoms with Crippen LogP contribution < -0.4 is 0 Å². The van der Waals surface area contributed by atoms with E-state index >= 15 is 0 Å². The molecule has 1 rings (SSSR count). The van der Waals surface area contributed by atoms with Gasteiger partial charge in [0.2, 0.25) is 0 Å². The molecule has 4 heteroatoms. The van der Waals surface area contributed by atoms with Crippen LogP contribution in [0.5, 0.6) is 0 Å². The van der Waals surface area contributed by atoms with Crippen molar-refractivity contribution >= 4 is 10.1 Å². The Hall–Kier alpha value is -1.13. The van der Waals surface area contributed by atoms with E-state index in [2.05, 4.69) is 19.1 Å². The molecule has 0 unspecified atom stereocenters. The maximum atomic E-state index is 12.1. The van der Waals surface area contributed by atoms with Crippen LogP contribution in [-0.4, -0.2) is 15.0 Å². The van der Waals surface area contributed by atoms with Crippen molar-refractivity contribution in [3.05, 3.63) is 42.0 Å². The number of rotatable bonds is 18. The van der Waals surface area contributed by atoms with Crippen molar-refractivity contribution in [3.63, 3.8) is 0 Å². The molecule has 0 saturated heterocycles. The van der Waals surface area contributed by atoms with Crippen LogP contribution in [-0.2, 0) is 14.3 Å². The van der Waals surface area contributed by atoms with E-state index in [0.29, 0.717) is 0 Å². The van der Waals surface area contributed by atoms with Gasteiger partial charge in [-0.15, -0.1) is 0 Å². The quantitative estimate of drug-likeness (QED) is 0.138. The Balaban J connectivity index is 1.91. The zero-order valence-corrected chi connectivity index (χ0v) is 19.5. The molecule has 0 amide bonds.